The second-order valence-corrected chi connectivity index (χ2v) is 3.06. The minimum atomic E-state index is -4.20. The van der Waals surface area contributed by atoms with Crippen molar-refractivity contribution >= 4 is 10.1 Å². The van der Waals surface area contributed by atoms with Gasteiger partial charge in [-0.05, 0) is 0 Å². The van der Waals surface area contributed by atoms with Crippen LogP contribution < -0.4 is 5.73 Å². The summed E-state index contributed by atoms with van der Waals surface area (Å²) < 4.78 is 28.8. The summed E-state index contributed by atoms with van der Waals surface area (Å²) in [5.41, 5.74) is 4.83. The predicted octanol–water partition coefficient (Wildman–Crippen LogP) is -0.943. The van der Waals surface area contributed by atoms with Crippen LogP contribution in [-0.2, 0) is 10.1 Å². The Morgan fingerprint density at radius 1 is 1.60 bits per heavy atom. The number of aliphatic hydroxyl groups is 1. The summed E-state index contributed by atoms with van der Waals surface area (Å²) in [5, 5.41) is 8.26. The lowest BCUT2D eigenvalue weighted by Crippen LogP contribution is -2.05. The second-order valence-electron chi connectivity index (χ2n) is 1.58. The minimum Gasteiger partial charge on any atom is -0.404 e. The molecule has 0 aromatic rings. The smallest absolute Gasteiger partial charge is 0.292 e. The molecule has 6 heteroatoms. The first-order valence-corrected chi connectivity index (χ1v) is 3.95. The highest BCUT2D eigenvalue weighted by Gasteiger charge is 2.11. The molecule has 0 bridgehead atoms. The average Bonchev–Trinajstić information content (AvgIpc) is 1.80. The van der Waals surface area contributed by atoms with Gasteiger partial charge in [0, 0.05) is 19.2 Å². The van der Waals surface area contributed by atoms with E-state index in [1.807, 2.05) is 0 Å². The first-order chi connectivity index (χ1) is 4.52. The van der Waals surface area contributed by atoms with Gasteiger partial charge in [-0.25, -0.2) is 0 Å². The van der Waals surface area contributed by atoms with Crippen LogP contribution in [0, 0.1) is 0 Å². The normalized spacial score (nSPS) is 13.6. The van der Waals surface area contributed by atoms with Gasteiger partial charge in [-0.2, -0.15) is 8.42 Å². The molecule has 0 aromatic heterocycles. The zero-order valence-corrected chi connectivity index (χ0v) is 6.00. The molecule has 60 valence electrons. The van der Waals surface area contributed by atoms with Crippen LogP contribution in [0.2, 0.25) is 0 Å². The van der Waals surface area contributed by atoms with Gasteiger partial charge in [0.15, 0.2) is 0 Å². The van der Waals surface area contributed by atoms with E-state index in [0.29, 0.717) is 0 Å². The summed E-state index contributed by atoms with van der Waals surface area (Å²) in [5.74, 6) is 0. The van der Waals surface area contributed by atoms with Crippen molar-refractivity contribution < 1.29 is 18.1 Å². The Labute approximate surface area is 58.9 Å². The molecule has 0 aliphatic carbocycles. The van der Waals surface area contributed by atoms with E-state index in [2.05, 4.69) is 0 Å². The maximum Gasteiger partial charge on any atom is 0.292 e. The van der Waals surface area contributed by atoms with Crippen molar-refractivity contribution in [3.05, 3.63) is 11.1 Å². The Bertz CT molecular complexity index is 217. The van der Waals surface area contributed by atoms with Gasteiger partial charge in [-0.1, -0.05) is 0 Å². The third-order valence-corrected chi connectivity index (χ3v) is 1.88. The lowest BCUT2D eigenvalue weighted by molar-refractivity contribution is 0.300. The van der Waals surface area contributed by atoms with Crippen LogP contribution in [0.3, 0.4) is 0 Å². The molecular formula is C4H9NO4S. The topological polar surface area (TPSA) is 101 Å². The van der Waals surface area contributed by atoms with Crippen LogP contribution in [0.25, 0.3) is 0 Å². The maximum atomic E-state index is 10.2. The molecule has 0 aliphatic heterocycles. The third-order valence-electron chi connectivity index (χ3n) is 0.875. The first-order valence-electron chi connectivity index (χ1n) is 2.51. The lowest BCUT2D eigenvalue weighted by atomic mass is 10.4. The number of aliphatic hydroxyl groups excluding tert-OH is 1. The van der Waals surface area contributed by atoms with Crippen molar-refractivity contribution in [2.24, 2.45) is 5.73 Å². The molecule has 0 heterocycles. The van der Waals surface area contributed by atoms with E-state index in [0.717, 1.165) is 6.20 Å². The average molecular weight is 167 g/mol. The van der Waals surface area contributed by atoms with Gasteiger partial charge in [0.2, 0.25) is 0 Å². The molecule has 10 heavy (non-hydrogen) atoms. The van der Waals surface area contributed by atoms with E-state index in [1.165, 1.54) is 0 Å². The van der Waals surface area contributed by atoms with Crippen LogP contribution in [0.1, 0.15) is 6.42 Å². The van der Waals surface area contributed by atoms with Crippen LogP contribution in [0.4, 0.5) is 0 Å². The van der Waals surface area contributed by atoms with Crippen molar-refractivity contribution in [2.75, 3.05) is 6.61 Å². The molecule has 0 aromatic carbocycles. The highest BCUT2D eigenvalue weighted by molar-refractivity contribution is 7.89. The largest absolute Gasteiger partial charge is 0.404 e. The standard InChI is InChI=1S/C4H9NO4S/c5-3-4(1-2-6)10(7,8)9/h3,6H,1-2,5H2,(H,7,8,9)/b4-3+. The fourth-order valence-electron chi connectivity index (χ4n) is 0.408. The first kappa shape index (κ1) is 9.41. The number of hydrogen-bond donors (Lipinski definition) is 3. The molecule has 0 atom stereocenters. The quantitative estimate of drug-likeness (QED) is 0.471. The van der Waals surface area contributed by atoms with Gasteiger partial charge in [0.1, 0.15) is 0 Å². The Kier molecular flexibility index (Phi) is 3.34. The van der Waals surface area contributed by atoms with Gasteiger partial charge in [0.05, 0.1) is 4.91 Å². The van der Waals surface area contributed by atoms with E-state index in [4.69, 9.17) is 15.4 Å². The SMILES string of the molecule is N/C=C(\CCO)S(=O)(=O)O. The monoisotopic (exact) mass is 167 g/mol. The van der Waals surface area contributed by atoms with Gasteiger partial charge in [0.25, 0.3) is 10.1 Å². The maximum absolute atomic E-state index is 10.2. The summed E-state index contributed by atoms with van der Waals surface area (Å²) in [7, 11) is -4.20. The van der Waals surface area contributed by atoms with Crippen LogP contribution >= 0.6 is 0 Å². The molecule has 0 radical (unpaired) electrons. The van der Waals surface area contributed by atoms with Crippen LogP contribution in [0.15, 0.2) is 11.1 Å². The number of rotatable bonds is 3. The Morgan fingerprint density at radius 2 is 2.10 bits per heavy atom. The third kappa shape index (κ3) is 2.81. The fraction of sp³-hybridized carbons (Fsp3) is 0.500. The Morgan fingerprint density at radius 3 is 2.20 bits per heavy atom. The Balaban J connectivity index is 4.41. The van der Waals surface area contributed by atoms with Crippen molar-refractivity contribution in [3.63, 3.8) is 0 Å². The van der Waals surface area contributed by atoms with Crippen molar-refractivity contribution in [1.29, 1.82) is 0 Å². The molecule has 0 unspecified atom stereocenters. The molecule has 0 saturated carbocycles. The number of nitrogens with two attached hydrogens (primary N) is 1. The molecule has 0 saturated heterocycles. The summed E-state index contributed by atoms with van der Waals surface area (Å²) in [4.78, 5) is -0.366. The zero-order valence-electron chi connectivity index (χ0n) is 5.19. The van der Waals surface area contributed by atoms with E-state index in [9.17, 15) is 8.42 Å². The molecule has 0 amide bonds. The zero-order chi connectivity index (χ0) is 8.20. The fourth-order valence-corrected chi connectivity index (χ4v) is 0.930. The van der Waals surface area contributed by atoms with Gasteiger partial charge < -0.3 is 10.8 Å². The van der Waals surface area contributed by atoms with E-state index in [-0.39, 0.29) is 17.9 Å². The van der Waals surface area contributed by atoms with E-state index in [1.54, 1.807) is 0 Å². The highest BCUT2D eigenvalue weighted by atomic mass is 32.2. The van der Waals surface area contributed by atoms with Gasteiger partial charge >= 0.3 is 0 Å². The minimum absolute atomic E-state index is 0.157. The van der Waals surface area contributed by atoms with Crippen molar-refractivity contribution in [3.8, 4) is 0 Å². The van der Waals surface area contributed by atoms with Crippen molar-refractivity contribution in [2.45, 2.75) is 6.42 Å². The van der Waals surface area contributed by atoms with Gasteiger partial charge in [-0.3, -0.25) is 4.55 Å². The van der Waals surface area contributed by atoms with Crippen LogP contribution in [-0.4, -0.2) is 24.7 Å². The molecule has 0 fully saturated rings. The molecule has 0 aliphatic rings. The Hall–Kier alpha value is -0.590. The van der Waals surface area contributed by atoms with E-state index < -0.39 is 10.1 Å². The number of hydrogen-bond acceptors (Lipinski definition) is 4. The van der Waals surface area contributed by atoms with E-state index >= 15 is 0 Å². The summed E-state index contributed by atoms with van der Waals surface area (Å²) in [6.07, 6.45) is 0.598. The predicted molar refractivity (Wildman–Crippen MR) is 35.5 cm³/mol. The molecule has 5 nitrogen and oxygen atoms in total. The van der Waals surface area contributed by atoms with Gasteiger partial charge in [-0.15, -0.1) is 0 Å². The highest BCUT2D eigenvalue weighted by Crippen LogP contribution is 2.05. The lowest BCUT2D eigenvalue weighted by Gasteiger charge is -1.97. The van der Waals surface area contributed by atoms with Crippen molar-refractivity contribution in [1.82, 2.24) is 0 Å². The summed E-state index contributed by atoms with van der Waals surface area (Å²) in [6, 6.07) is 0. The molecule has 0 rings (SSSR count). The summed E-state index contributed by atoms with van der Waals surface area (Å²) >= 11 is 0. The van der Waals surface area contributed by atoms with Crippen LogP contribution in [0.5, 0.6) is 0 Å². The molecule has 4 N–H and O–H groups in total. The second kappa shape index (κ2) is 3.55. The molecular weight excluding hydrogens is 158 g/mol. The summed E-state index contributed by atoms with van der Waals surface area (Å²) in [6.45, 7) is -0.358. The molecule has 0 spiro atoms.